The Hall–Kier alpha value is -4.60. The first-order valence-corrected chi connectivity index (χ1v) is 11.5. The molecule has 0 bridgehead atoms. The molecule has 0 aliphatic rings. The minimum absolute atomic E-state index is 0.362. The van der Waals surface area contributed by atoms with Crippen molar-refractivity contribution in [1.82, 2.24) is 34.7 Å². The number of aryl methyl sites for hydroxylation is 2. The summed E-state index contributed by atoms with van der Waals surface area (Å²) < 4.78 is 29.8. The fraction of sp³-hybridized carbons (Fsp3) is 0.192. The van der Waals surface area contributed by atoms with E-state index in [1.54, 1.807) is 38.0 Å². The number of hydrogen-bond donors (Lipinski definition) is 0. The SMILES string of the molecule is CCn1cnc2c(-c3ccc(F)c(-c4cc5cnn(Cc6cc(C)on6)c5cc4OC)c3)cnnc21. The van der Waals surface area contributed by atoms with Gasteiger partial charge in [0.25, 0.3) is 0 Å². The highest BCUT2D eigenvalue weighted by atomic mass is 19.1. The van der Waals surface area contributed by atoms with Gasteiger partial charge >= 0.3 is 0 Å². The molecule has 0 unspecified atom stereocenters. The van der Waals surface area contributed by atoms with Crippen LogP contribution in [0.4, 0.5) is 4.39 Å². The van der Waals surface area contributed by atoms with E-state index in [0.717, 1.165) is 45.5 Å². The van der Waals surface area contributed by atoms with Gasteiger partial charge in [-0.3, -0.25) is 4.68 Å². The van der Waals surface area contributed by atoms with Gasteiger partial charge in [0.05, 0.1) is 37.9 Å². The van der Waals surface area contributed by atoms with Crippen LogP contribution in [0.3, 0.4) is 0 Å². The second-order valence-corrected chi connectivity index (χ2v) is 8.50. The minimum Gasteiger partial charge on any atom is -0.496 e. The number of fused-ring (bicyclic) bond motifs is 2. The molecule has 9 nitrogen and oxygen atoms in total. The third-order valence-electron chi connectivity index (χ3n) is 6.26. The number of ether oxygens (including phenoxy) is 1. The molecule has 0 atom stereocenters. The second-order valence-electron chi connectivity index (χ2n) is 8.50. The largest absolute Gasteiger partial charge is 0.496 e. The van der Waals surface area contributed by atoms with E-state index >= 15 is 4.39 Å². The number of rotatable bonds is 6. The zero-order chi connectivity index (χ0) is 24.8. The molecule has 0 fully saturated rings. The zero-order valence-electron chi connectivity index (χ0n) is 19.9. The summed E-state index contributed by atoms with van der Waals surface area (Å²) in [6.07, 6.45) is 5.14. The lowest BCUT2D eigenvalue weighted by Gasteiger charge is -2.13. The van der Waals surface area contributed by atoms with Gasteiger partial charge in [-0.15, -0.1) is 5.10 Å². The Morgan fingerprint density at radius 3 is 2.72 bits per heavy atom. The van der Waals surface area contributed by atoms with E-state index in [2.05, 4.69) is 25.4 Å². The van der Waals surface area contributed by atoms with E-state index in [9.17, 15) is 0 Å². The predicted octanol–water partition coefficient (Wildman–Crippen LogP) is 5.02. The van der Waals surface area contributed by atoms with E-state index in [1.165, 1.54) is 6.07 Å². The molecule has 0 radical (unpaired) electrons. The predicted molar refractivity (Wildman–Crippen MR) is 132 cm³/mol. The van der Waals surface area contributed by atoms with Crippen molar-refractivity contribution in [3.05, 3.63) is 72.4 Å². The van der Waals surface area contributed by atoms with Crippen LogP contribution in [-0.4, -0.2) is 41.8 Å². The van der Waals surface area contributed by atoms with Crippen LogP contribution >= 0.6 is 0 Å². The highest BCUT2D eigenvalue weighted by molar-refractivity contribution is 5.92. The van der Waals surface area contributed by atoms with Crippen molar-refractivity contribution in [2.24, 2.45) is 0 Å². The highest BCUT2D eigenvalue weighted by Crippen LogP contribution is 2.38. The smallest absolute Gasteiger partial charge is 0.183 e. The molecule has 6 rings (SSSR count). The standard InChI is InChI=1S/C26H22FN7O2/c1-4-33-14-28-25-21(12-29-31-26(25)33)16-5-6-22(27)19(8-16)20-9-17-11-30-34(23(17)10-24(20)35-3)13-18-7-15(2)36-32-18/h5-12,14H,4,13H2,1-3H3. The quantitative estimate of drug-likeness (QED) is 0.328. The lowest BCUT2D eigenvalue weighted by atomic mass is 9.97. The summed E-state index contributed by atoms with van der Waals surface area (Å²) in [5.74, 6) is 0.906. The Morgan fingerprint density at radius 2 is 1.94 bits per heavy atom. The molecule has 10 heteroatoms. The van der Waals surface area contributed by atoms with Gasteiger partial charge in [0.2, 0.25) is 0 Å². The van der Waals surface area contributed by atoms with Gasteiger partial charge < -0.3 is 13.8 Å². The van der Waals surface area contributed by atoms with Crippen molar-refractivity contribution < 1.29 is 13.7 Å². The molecular formula is C26H22FN7O2. The van der Waals surface area contributed by atoms with Crippen LogP contribution in [0.15, 0.2) is 59.6 Å². The van der Waals surface area contributed by atoms with Crippen molar-refractivity contribution in [2.45, 2.75) is 26.9 Å². The summed E-state index contributed by atoms with van der Waals surface area (Å²) in [6, 6.07) is 10.6. The monoisotopic (exact) mass is 483 g/mol. The van der Waals surface area contributed by atoms with Gasteiger partial charge in [-0.05, 0) is 37.6 Å². The molecule has 0 saturated heterocycles. The summed E-state index contributed by atoms with van der Waals surface area (Å²) in [5, 5.41) is 17.8. The molecule has 4 aromatic heterocycles. The fourth-order valence-electron chi connectivity index (χ4n) is 4.47. The van der Waals surface area contributed by atoms with Crippen molar-refractivity contribution in [1.29, 1.82) is 0 Å². The number of benzene rings is 2. The molecule has 6 aromatic rings. The minimum atomic E-state index is -0.362. The van der Waals surface area contributed by atoms with Crippen LogP contribution < -0.4 is 4.74 Å². The Bertz CT molecular complexity index is 1730. The molecule has 0 saturated carbocycles. The van der Waals surface area contributed by atoms with Gasteiger partial charge in [0.1, 0.15) is 28.5 Å². The van der Waals surface area contributed by atoms with Gasteiger partial charge in [-0.2, -0.15) is 10.2 Å². The van der Waals surface area contributed by atoms with E-state index in [0.29, 0.717) is 29.1 Å². The van der Waals surface area contributed by atoms with Crippen LogP contribution in [0.1, 0.15) is 18.4 Å². The molecule has 2 aromatic carbocycles. The zero-order valence-corrected chi connectivity index (χ0v) is 19.9. The Balaban J connectivity index is 1.46. The number of imidazole rings is 1. The van der Waals surface area contributed by atoms with Crippen LogP contribution in [-0.2, 0) is 13.1 Å². The maximum atomic E-state index is 15.2. The molecule has 0 aliphatic heterocycles. The number of methoxy groups -OCH3 is 1. The van der Waals surface area contributed by atoms with Crippen LogP contribution in [0.5, 0.6) is 5.75 Å². The summed E-state index contributed by atoms with van der Waals surface area (Å²) in [5.41, 5.74) is 5.62. The first kappa shape index (κ1) is 21.9. The Labute approximate surface area is 205 Å². The van der Waals surface area contributed by atoms with Crippen molar-refractivity contribution in [2.75, 3.05) is 7.11 Å². The number of nitrogens with zero attached hydrogens (tertiary/aromatic N) is 7. The first-order chi connectivity index (χ1) is 17.6. The topological polar surface area (TPSA) is 96.7 Å². The van der Waals surface area contributed by atoms with E-state index in [-0.39, 0.29) is 5.82 Å². The van der Waals surface area contributed by atoms with Crippen LogP contribution in [0.2, 0.25) is 0 Å². The molecule has 0 amide bonds. The summed E-state index contributed by atoms with van der Waals surface area (Å²) in [4.78, 5) is 4.52. The number of aromatic nitrogens is 7. The second kappa shape index (κ2) is 8.56. The van der Waals surface area contributed by atoms with Crippen LogP contribution in [0, 0.1) is 12.7 Å². The van der Waals surface area contributed by atoms with Crippen LogP contribution in [0.25, 0.3) is 44.3 Å². The number of hydrogen-bond acceptors (Lipinski definition) is 7. The lowest BCUT2D eigenvalue weighted by Crippen LogP contribution is -2.02. The third kappa shape index (κ3) is 3.58. The molecule has 0 N–H and O–H groups in total. The molecule has 0 spiro atoms. The van der Waals surface area contributed by atoms with E-state index in [4.69, 9.17) is 9.26 Å². The average Bonchev–Trinajstić information content (AvgIpc) is 3.62. The molecule has 4 heterocycles. The van der Waals surface area contributed by atoms with E-state index < -0.39 is 0 Å². The van der Waals surface area contributed by atoms with Gasteiger partial charge in [0, 0.05) is 40.8 Å². The third-order valence-corrected chi connectivity index (χ3v) is 6.26. The van der Waals surface area contributed by atoms with Gasteiger partial charge in [-0.1, -0.05) is 11.2 Å². The molecule has 180 valence electrons. The van der Waals surface area contributed by atoms with Gasteiger partial charge in [0.15, 0.2) is 5.65 Å². The summed E-state index contributed by atoms with van der Waals surface area (Å²) >= 11 is 0. The number of halogens is 1. The Morgan fingerprint density at radius 1 is 1.06 bits per heavy atom. The average molecular weight is 484 g/mol. The van der Waals surface area contributed by atoms with Crippen molar-refractivity contribution >= 4 is 22.1 Å². The molecule has 0 aliphatic carbocycles. The Kier molecular flexibility index (Phi) is 5.21. The maximum Gasteiger partial charge on any atom is 0.183 e. The summed E-state index contributed by atoms with van der Waals surface area (Å²) in [7, 11) is 1.57. The fourth-order valence-corrected chi connectivity index (χ4v) is 4.47. The van der Waals surface area contributed by atoms with E-state index in [1.807, 2.05) is 41.3 Å². The highest BCUT2D eigenvalue weighted by Gasteiger charge is 2.18. The summed E-state index contributed by atoms with van der Waals surface area (Å²) in [6.45, 7) is 5.04. The molecule has 36 heavy (non-hydrogen) atoms. The van der Waals surface area contributed by atoms with Crippen molar-refractivity contribution in [3.63, 3.8) is 0 Å². The first-order valence-electron chi connectivity index (χ1n) is 11.5. The maximum absolute atomic E-state index is 15.2. The van der Waals surface area contributed by atoms with Crippen molar-refractivity contribution in [3.8, 4) is 28.0 Å². The lowest BCUT2D eigenvalue weighted by molar-refractivity contribution is 0.388. The van der Waals surface area contributed by atoms with Gasteiger partial charge in [-0.25, -0.2) is 9.37 Å². The normalized spacial score (nSPS) is 11.6. The molecular weight excluding hydrogens is 461 g/mol.